The molecular formula is C18H24O4. The smallest absolute Gasteiger partial charge is 0.345 e. The van der Waals surface area contributed by atoms with Crippen molar-refractivity contribution in [3.63, 3.8) is 0 Å². The van der Waals surface area contributed by atoms with Gasteiger partial charge in [0.1, 0.15) is 5.75 Å². The Bertz CT molecular complexity index is 630. The Hall–Kier alpha value is -1.84. The molecule has 0 aliphatic carbocycles. The maximum Gasteiger partial charge on any atom is 0.345 e. The van der Waals surface area contributed by atoms with E-state index in [1.54, 1.807) is 0 Å². The van der Waals surface area contributed by atoms with Crippen LogP contribution in [0.5, 0.6) is 5.75 Å². The van der Waals surface area contributed by atoms with Crippen LogP contribution in [0.4, 0.5) is 0 Å². The second-order valence-electron chi connectivity index (χ2n) is 7.97. The Balaban J connectivity index is 2.70. The summed E-state index contributed by atoms with van der Waals surface area (Å²) in [6.45, 7) is 12.4. The van der Waals surface area contributed by atoms with E-state index in [2.05, 4.69) is 20.8 Å². The van der Waals surface area contributed by atoms with Crippen LogP contribution in [0, 0.1) is 0 Å². The van der Waals surface area contributed by atoms with Crippen LogP contribution >= 0.6 is 0 Å². The van der Waals surface area contributed by atoms with Crippen LogP contribution in [0.25, 0.3) is 0 Å². The summed E-state index contributed by atoms with van der Waals surface area (Å²) in [5.74, 6) is -0.826. The van der Waals surface area contributed by atoms with Gasteiger partial charge in [-0.05, 0) is 22.5 Å². The number of ether oxygens (including phenoxy) is 1. The lowest BCUT2D eigenvalue weighted by atomic mass is 9.77. The average Bonchev–Trinajstić information content (AvgIpc) is 2.35. The van der Waals surface area contributed by atoms with E-state index in [1.807, 2.05) is 32.9 Å². The van der Waals surface area contributed by atoms with Crippen molar-refractivity contribution in [1.29, 1.82) is 0 Å². The minimum Gasteiger partial charge on any atom is -0.478 e. The molecule has 120 valence electrons. The molecule has 2 rings (SSSR count). The molecule has 0 saturated carbocycles. The monoisotopic (exact) mass is 304 g/mol. The van der Waals surface area contributed by atoms with Gasteiger partial charge in [0.15, 0.2) is 5.78 Å². The van der Waals surface area contributed by atoms with Gasteiger partial charge in [-0.1, -0.05) is 47.6 Å². The highest BCUT2D eigenvalue weighted by molar-refractivity contribution is 6.03. The molecular weight excluding hydrogens is 280 g/mol. The molecule has 0 fully saturated rings. The first-order valence-electron chi connectivity index (χ1n) is 7.53. The molecule has 1 aromatic rings. The summed E-state index contributed by atoms with van der Waals surface area (Å²) in [4.78, 5) is 23.6. The number of carboxylic acids is 1. The largest absolute Gasteiger partial charge is 0.478 e. The molecule has 0 aromatic heterocycles. The Morgan fingerprint density at radius 3 is 2.18 bits per heavy atom. The Morgan fingerprint density at radius 2 is 1.73 bits per heavy atom. The van der Waals surface area contributed by atoms with Crippen molar-refractivity contribution in [2.75, 3.05) is 0 Å². The van der Waals surface area contributed by atoms with E-state index >= 15 is 0 Å². The van der Waals surface area contributed by atoms with E-state index < -0.39 is 12.1 Å². The molecule has 1 atom stereocenters. The van der Waals surface area contributed by atoms with Gasteiger partial charge >= 0.3 is 5.97 Å². The van der Waals surface area contributed by atoms with E-state index in [4.69, 9.17) is 4.74 Å². The average molecular weight is 304 g/mol. The summed E-state index contributed by atoms with van der Waals surface area (Å²) in [5.41, 5.74) is 2.11. The van der Waals surface area contributed by atoms with E-state index in [1.165, 1.54) is 0 Å². The van der Waals surface area contributed by atoms with Crippen molar-refractivity contribution in [3.05, 3.63) is 28.8 Å². The van der Waals surface area contributed by atoms with E-state index in [0.29, 0.717) is 11.3 Å². The lowest BCUT2D eigenvalue weighted by molar-refractivity contribution is -0.145. The second-order valence-corrected chi connectivity index (χ2v) is 7.97. The Morgan fingerprint density at radius 1 is 1.14 bits per heavy atom. The Kier molecular flexibility index (Phi) is 3.84. The molecule has 0 radical (unpaired) electrons. The van der Waals surface area contributed by atoms with Gasteiger partial charge in [0, 0.05) is 5.56 Å². The normalized spacial score (nSPS) is 18.6. The number of Topliss-reactive ketones (excluding diaryl/α,β-unsaturated/α-hetero) is 1. The third-order valence-corrected chi connectivity index (χ3v) is 3.97. The second kappa shape index (κ2) is 5.11. The van der Waals surface area contributed by atoms with Crippen molar-refractivity contribution in [2.24, 2.45) is 0 Å². The van der Waals surface area contributed by atoms with Gasteiger partial charge in [0.05, 0.1) is 12.0 Å². The third-order valence-electron chi connectivity index (χ3n) is 3.97. The van der Waals surface area contributed by atoms with Gasteiger partial charge in [0.25, 0.3) is 0 Å². The zero-order valence-electron chi connectivity index (χ0n) is 14.1. The zero-order chi connectivity index (χ0) is 16.9. The summed E-state index contributed by atoms with van der Waals surface area (Å²) in [6, 6.07) is 3.89. The van der Waals surface area contributed by atoms with Crippen LogP contribution in [-0.2, 0) is 15.6 Å². The molecule has 0 spiro atoms. The number of carboxylic acid groups (broad SMARTS) is 1. The summed E-state index contributed by atoms with van der Waals surface area (Å²) < 4.78 is 5.67. The fourth-order valence-corrected chi connectivity index (χ4v) is 2.55. The summed E-state index contributed by atoms with van der Waals surface area (Å²) in [6.07, 6.45) is -1.21. The topological polar surface area (TPSA) is 63.6 Å². The van der Waals surface area contributed by atoms with Gasteiger partial charge in [-0.15, -0.1) is 0 Å². The van der Waals surface area contributed by atoms with Crippen molar-refractivity contribution in [3.8, 4) is 5.75 Å². The summed E-state index contributed by atoms with van der Waals surface area (Å²) in [5, 5.41) is 9.18. The number of rotatable bonds is 1. The van der Waals surface area contributed by atoms with Crippen LogP contribution in [0.1, 0.15) is 69.4 Å². The fraction of sp³-hybridized carbons (Fsp3) is 0.556. The number of carbonyl (C=O) groups is 2. The van der Waals surface area contributed by atoms with Crippen LogP contribution in [0.2, 0.25) is 0 Å². The Labute approximate surface area is 131 Å². The number of carbonyl (C=O) groups excluding carboxylic acids is 1. The third kappa shape index (κ3) is 3.01. The highest BCUT2D eigenvalue weighted by Crippen LogP contribution is 2.41. The first-order valence-corrected chi connectivity index (χ1v) is 7.53. The van der Waals surface area contributed by atoms with Gasteiger partial charge in [0.2, 0.25) is 6.10 Å². The first kappa shape index (κ1) is 16.5. The molecule has 0 amide bonds. The van der Waals surface area contributed by atoms with Crippen molar-refractivity contribution >= 4 is 11.8 Å². The van der Waals surface area contributed by atoms with Crippen molar-refractivity contribution in [2.45, 2.75) is 64.9 Å². The van der Waals surface area contributed by atoms with Gasteiger partial charge < -0.3 is 9.84 Å². The molecule has 1 aromatic carbocycles. The van der Waals surface area contributed by atoms with Gasteiger partial charge in [-0.2, -0.15) is 0 Å². The minimum absolute atomic E-state index is 0.0983. The quantitative estimate of drug-likeness (QED) is 0.859. The van der Waals surface area contributed by atoms with E-state index in [9.17, 15) is 14.7 Å². The molecule has 1 heterocycles. The lowest BCUT2D eigenvalue weighted by Crippen LogP contribution is -2.35. The predicted molar refractivity (Wildman–Crippen MR) is 84.8 cm³/mol. The van der Waals surface area contributed by atoms with Crippen LogP contribution in [0.3, 0.4) is 0 Å². The maximum absolute atomic E-state index is 12.4. The number of hydrogen-bond acceptors (Lipinski definition) is 3. The number of hydrogen-bond donors (Lipinski definition) is 1. The molecule has 1 aliphatic rings. The van der Waals surface area contributed by atoms with Crippen molar-refractivity contribution in [1.82, 2.24) is 0 Å². The molecule has 22 heavy (non-hydrogen) atoms. The summed E-state index contributed by atoms with van der Waals surface area (Å²) >= 11 is 0. The molecule has 1 unspecified atom stereocenters. The summed E-state index contributed by atoms with van der Waals surface area (Å²) in [7, 11) is 0. The standard InChI is InChI=1S/C18H24O4/c1-17(2,3)10-7-11-13(19)9-14(16(20)21)22-15(11)12(8-10)18(4,5)6/h7-8,14H,9H2,1-6H3,(H,20,21). The first-order chi connectivity index (χ1) is 9.91. The van der Waals surface area contributed by atoms with Crippen LogP contribution in [-0.4, -0.2) is 23.0 Å². The SMILES string of the molecule is CC(C)(C)c1cc2c(c(C(C)(C)C)c1)OC(C(=O)O)CC2=O. The van der Waals surface area contributed by atoms with Gasteiger partial charge in [-0.3, -0.25) is 4.79 Å². The number of fused-ring (bicyclic) bond motifs is 1. The lowest BCUT2D eigenvalue weighted by Gasteiger charge is -2.32. The highest BCUT2D eigenvalue weighted by atomic mass is 16.5. The van der Waals surface area contributed by atoms with Crippen LogP contribution in [0.15, 0.2) is 12.1 Å². The van der Waals surface area contributed by atoms with Crippen LogP contribution < -0.4 is 4.74 Å². The minimum atomic E-state index is -1.10. The number of benzene rings is 1. The fourth-order valence-electron chi connectivity index (χ4n) is 2.55. The van der Waals surface area contributed by atoms with E-state index in [-0.39, 0.29) is 23.0 Å². The van der Waals surface area contributed by atoms with E-state index in [0.717, 1.165) is 11.1 Å². The number of aliphatic carboxylic acids is 1. The molecule has 0 bridgehead atoms. The zero-order valence-corrected chi connectivity index (χ0v) is 14.1. The molecule has 4 nitrogen and oxygen atoms in total. The molecule has 1 N–H and O–H groups in total. The van der Waals surface area contributed by atoms with Crippen molar-refractivity contribution < 1.29 is 19.4 Å². The molecule has 0 saturated heterocycles. The van der Waals surface area contributed by atoms with Gasteiger partial charge in [-0.25, -0.2) is 4.79 Å². The molecule has 1 aliphatic heterocycles. The predicted octanol–water partition coefficient (Wildman–Crippen LogP) is 3.70. The highest BCUT2D eigenvalue weighted by Gasteiger charge is 2.36. The maximum atomic E-state index is 12.4. The molecule has 4 heteroatoms. The number of ketones is 1.